The van der Waals surface area contributed by atoms with Gasteiger partial charge in [0.2, 0.25) is 0 Å². The molecule has 0 spiro atoms. The van der Waals surface area contributed by atoms with Gasteiger partial charge in [0.25, 0.3) is 11.8 Å². The fraction of sp³-hybridized carbons (Fsp3) is 0.357. The fourth-order valence-electron chi connectivity index (χ4n) is 4.99. The zero-order chi connectivity index (χ0) is 29.3. The van der Waals surface area contributed by atoms with E-state index in [1.165, 1.54) is 41.9 Å². The molecule has 0 bridgehead atoms. The van der Waals surface area contributed by atoms with Crippen LogP contribution < -0.4 is 10.1 Å². The average molecular weight is 570 g/mol. The molecule has 1 N–H and O–H groups in total. The van der Waals surface area contributed by atoms with Crippen molar-refractivity contribution in [2.75, 3.05) is 27.8 Å². The highest BCUT2D eigenvalue weighted by atomic mass is 19.3. The van der Waals surface area contributed by atoms with Crippen LogP contribution in [-0.2, 0) is 36.9 Å². The van der Waals surface area contributed by atoms with Gasteiger partial charge in [0.15, 0.2) is 11.6 Å². The van der Waals surface area contributed by atoms with E-state index in [0.29, 0.717) is 34.7 Å². The van der Waals surface area contributed by atoms with Crippen LogP contribution in [-0.4, -0.2) is 63.4 Å². The summed E-state index contributed by atoms with van der Waals surface area (Å²) in [7, 11) is 4.49. The summed E-state index contributed by atoms with van der Waals surface area (Å²) < 4.78 is 58.0. The molecular formula is C28H30F3N7O3. The van der Waals surface area contributed by atoms with Crippen LogP contribution in [0.15, 0.2) is 42.7 Å². The van der Waals surface area contributed by atoms with E-state index in [-0.39, 0.29) is 48.7 Å². The van der Waals surface area contributed by atoms with Crippen molar-refractivity contribution < 1.29 is 27.4 Å². The summed E-state index contributed by atoms with van der Waals surface area (Å²) in [5.74, 6) is -4.09. The second kappa shape index (κ2) is 11.3. The molecule has 3 heterocycles. The third kappa shape index (κ3) is 5.81. The number of alkyl halides is 2. The van der Waals surface area contributed by atoms with Crippen LogP contribution in [0.5, 0.6) is 5.75 Å². The summed E-state index contributed by atoms with van der Waals surface area (Å²) in [6, 6.07) is 8.09. The number of benzene rings is 2. The molecule has 0 saturated heterocycles. The van der Waals surface area contributed by atoms with E-state index < -0.39 is 17.6 Å². The van der Waals surface area contributed by atoms with Crippen molar-refractivity contribution in [3.8, 4) is 11.4 Å². The van der Waals surface area contributed by atoms with Crippen molar-refractivity contribution in [2.45, 2.75) is 39.1 Å². The lowest BCUT2D eigenvalue weighted by molar-refractivity contribution is -0.0455. The number of nitrogens with zero attached hydrogens (tertiary/aromatic N) is 6. The number of likely N-dealkylation sites (N-methyl/N-ethyl adjacent to an activating group) is 1. The van der Waals surface area contributed by atoms with Crippen LogP contribution in [0, 0.1) is 12.7 Å². The Kier molecular flexibility index (Phi) is 7.82. The summed E-state index contributed by atoms with van der Waals surface area (Å²) in [5.41, 5.74) is 2.98. The summed E-state index contributed by atoms with van der Waals surface area (Å²) in [6.07, 6.45) is 3.17. The predicted octanol–water partition coefficient (Wildman–Crippen LogP) is 3.58. The lowest BCUT2D eigenvalue weighted by Crippen LogP contribution is -2.38. The van der Waals surface area contributed by atoms with Gasteiger partial charge >= 0.3 is 0 Å². The maximum atomic E-state index is 15.3. The largest absolute Gasteiger partial charge is 0.494 e. The van der Waals surface area contributed by atoms with Crippen molar-refractivity contribution in [1.82, 2.24) is 35.0 Å². The van der Waals surface area contributed by atoms with Gasteiger partial charge in [0, 0.05) is 37.5 Å². The standard InChI is InChI=1S/C28H30F3N7O3/c1-17-11-38(35-33-17)24-7-8-25(41-4)26(29)20(24)10-32-27(39)21-14-37(34-23(21)15-40-3)12-18-5-6-19-13-36(2)16-28(30,31)22(19)9-18/h5-9,11,14H,10,12-13,15-16H2,1-4H3,(H,32,39). The first-order chi connectivity index (χ1) is 19.6. The number of carbonyl (C=O) groups is 1. The maximum absolute atomic E-state index is 15.3. The molecule has 5 rings (SSSR count). The molecule has 2 aromatic heterocycles. The molecule has 216 valence electrons. The van der Waals surface area contributed by atoms with E-state index in [1.807, 2.05) is 0 Å². The Morgan fingerprint density at radius 2 is 1.98 bits per heavy atom. The number of amides is 1. The Morgan fingerprint density at radius 1 is 1.17 bits per heavy atom. The number of hydrogen-bond acceptors (Lipinski definition) is 7. The lowest BCUT2D eigenvalue weighted by Gasteiger charge is -2.32. The van der Waals surface area contributed by atoms with Gasteiger partial charge in [0.1, 0.15) is 5.69 Å². The minimum Gasteiger partial charge on any atom is -0.494 e. The Hall–Kier alpha value is -4.23. The third-order valence-corrected chi connectivity index (χ3v) is 6.87. The molecule has 1 aliphatic heterocycles. The molecule has 0 fully saturated rings. The Bertz CT molecular complexity index is 1580. The minimum atomic E-state index is -2.96. The van der Waals surface area contributed by atoms with Crippen LogP contribution >= 0.6 is 0 Å². The maximum Gasteiger partial charge on any atom is 0.285 e. The molecule has 41 heavy (non-hydrogen) atoms. The quantitative estimate of drug-likeness (QED) is 0.329. The van der Waals surface area contributed by atoms with Crippen molar-refractivity contribution >= 4 is 5.91 Å². The fourth-order valence-corrected chi connectivity index (χ4v) is 4.99. The van der Waals surface area contributed by atoms with Gasteiger partial charge in [-0.15, -0.1) is 5.10 Å². The highest BCUT2D eigenvalue weighted by Crippen LogP contribution is 2.36. The first-order valence-electron chi connectivity index (χ1n) is 12.9. The first kappa shape index (κ1) is 28.3. The first-order valence-corrected chi connectivity index (χ1v) is 12.9. The van der Waals surface area contributed by atoms with Crippen LogP contribution in [0.3, 0.4) is 0 Å². The van der Waals surface area contributed by atoms with Gasteiger partial charge in [-0.05, 0) is 43.3 Å². The van der Waals surface area contributed by atoms with E-state index in [0.717, 1.165) is 0 Å². The molecule has 0 saturated carbocycles. The lowest BCUT2D eigenvalue weighted by atomic mass is 9.94. The number of halogens is 3. The van der Waals surface area contributed by atoms with Crippen molar-refractivity contribution in [1.29, 1.82) is 0 Å². The van der Waals surface area contributed by atoms with E-state index in [9.17, 15) is 13.6 Å². The zero-order valence-corrected chi connectivity index (χ0v) is 23.1. The number of rotatable bonds is 9. The smallest absolute Gasteiger partial charge is 0.285 e. The molecule has 0 aliphatic carbocycles. The van der Waals surface area contributed by atoms with E-state index >= 15 is 4.39 Å². The Balaban J connectivity index is 1.38. The van der Waals surface area contributed by atoms with Gasteiger partial charge < -0.3 is 14.8 Å². The average Bonchev–Trinajstić information content (AvgIpc) is 3.53. The van der Waals surface area contributed by atoms with Gasteiger partial charge in [-0.1, -0.05) is 17.3 Å². The second-order valence-electron chi connectivity index (χ2n) is 10.1. The number of aryl methyl sites for hydroxylation is 1. The van der Waals surface area contributed by atoms with Crippen LogP contribution in [0.25, 0.3) is 5.69 Å². The molecule has 13 heteroatoms. The van der Waals surface area contributed by atoms with Crippen LogP contribution in [0.1, 0.15) is 44.0 Å². The molecule has 4 aromatic rings. The van der Waals surface area contributed by atoms with E-state index in [2.05, 4.69) is 20.7 Å². The van der Waals surface area contributed by atoms with Crippen molar-refractivity contribution in [3.63, 3.8) is 0 Å². The summed E-state index contributed by atoms with van der Waals surface area (Å²) in [6.45, 7) is 1.89. The number of nitrogens with one attached hydrogen (secondary N) is 1. The molecule has 1 amide bonds. The van der Waals surface area contributed by atoms with Crippen LogP contribution in [0.2, 0.25) is 0 Å². The number of hydrogen-bond donors (Lipinski definition) is 1. The zero-order valence-electron chi connectivity index (χ0n) is 23.1. The monoisotopic (exact) mass is 569 g/mol. The topological polar surface area (TPSA) is 99.3 Å². The molecule has 10 nitrogen and oxygen atoms in total. The number of ether oxygens (including phenoxy) is 2. The van der Waals surface area contributed by atoms with E-state index in [1.54, 1.807) is 43.3 Å². The highest BCUT2D eigenvalue weighted by molar-refractivity contribution is 5.95. The normalized spacial score (nSPS) is 14.6. The van der Waals surface area contributed by atoms with Crippen molar-refractivity contribution in [2.24, 2.45) is 0 Å². The number of carbonyl (C=O) groups excluding carboxylic acids is 1. The molecule has 0 atom stereocenters. The SMILES string of the molecule is COCc1nn(Cc2ccc3c(c2)C(F)(F)CN(C)C3)cc1C(=O)NCc1c(-n2cc(C)nn2)ccc(OC)c1F. The Labute approximate surface area is 234 Å². The Morgan fingerprint density at radius 3 is 2.68 bits per heavy atom. The summed E-state index contributed by atoms with van der Waals surface area (Å²) in [4.78, 5) is 14.9. The molecule has 2 aromatic carbocycles. The molecule has 1 aliphatic rings. The number of fused-ring (bicyclic) bond motifs is 1. The van der Waals surface area contributed by atoms with Gasteiger partial charge in [-0.25, -0.2) is 9.07 Å². The highest BCUT2D eigenvalue weighted by Gasteiger charge is 2.39. The summed E-state index contributed by atoms with van der Waals surface area (Å²) in [5, 5.41) is 15.2. The second-order valence-corrected chi connectivity index (χ2v) is 10.1. The summed E-state index contributed by atoms with van der Waals surface area (Å²) >= 11 is 0. The van der Waals surface area contributed by atoms with Crippen LogP contribution in [0.4, 0.5) is 13.2 Å². The number of aromatic nitrogens is 5. The minimum absolute atomic E-state index is 0.00836. The molecule has 0 radical (unpaired) electrons. The van der Waals surface area contributed by atoms with Crippen molar-refractivity contribution in [3.05, 3.63) is 87.7 Å². The van der Waals surface area contributed by atoms with Gasteiger partial charge in [-0.3, -0.25) is 14.4 Å². The van der Waals surface area contributed by atoms with Gasteiger partial charge in [-0.2, -0.15) is 13.9 Å². The predicted molar refractivity (Wildman–Crippen MR) is 142 cm³/mol. The third-order valence-electron chi connectivity index (χ3n) is 6.87. The molecule has 0 unspecified atom stereocenters. The van der Waals surface area contributed by atoms with E-state index in [4.69, 9.17) is 9.47 Å². The van der Waals surface area contributed by atoms with Gasteiger partial charge in [0.05, 0.1) is 49.9 Å². The molecular weight excluding hydrogens is 539 g/mol. The number of methoxy groups -OCH3 is 2.